The Kier molecular flexibility index (Phi) is 3.57. The van der Waals surface area contributed by atoms with Gasteiger partial charge in [-0.05, 0) is 24.3 Å². The van der Waals surface area contributed by atoms with Crippen molar-refractivity contribution in [3.8, 4) is 17.2 Å². The Bertz CT molecular complexity index is 567. The number of benzene rings is 2. The molecule has 4 heteroatoms. The zero-order valence-electron chi connectivity index (χ0n) is 9.72. The van der Waals surface area contributed by atoms with Crippen molar-refractivity contribution in [2.45, 2.75) is 0 Å². The lowest BCUT2D eigenvalue weighted by atomic mass is 10.2. The highest BCUT2D eigenvalue weighted by molar-refractivity contribution is 5.75. The Balaban J connectivity index is 2.28. The monoisotopic (exact) mass is 246 g/mol. The molecule has 0 amide bonds. The second-order valence-electron chi connectivity index (χ2n) is 3.55. The van der Waals surface area contributed by atoms with Crippen LogP contribution < -0.4 is 9.47 Å². The van der Waals surface area contributed by atoms with Crippen molar-refractivity contribution < 1.29 is 18.7 Å². The summed E-state index contributed by atoms with van der Waals surface area (Å²) in [7, 11) is 1.53. The van der Waals surface area contributed by atoms with Crippen LogP contribution in [0.4, 0.5) is 4.39 Å². The van der Waals surface area contributed by atoms with Crippen LogP contribution in [0, 0.1) is 5.82 Å². The number of halogens is 1. The summed E-state index contributed by atoms with van der Waals surface area (Å²) in [6.45, 7) is 0. The first-order valence-electron chi connectivity index (χ1n) is 5.30. The fraction of sp³-hybridized carbons (Fsp3) is 0.0714. The molecule has 0 aliphatic heterocycles. The van der Waals surface area contributed by atoms with Gasteiger partial charge in [-0.25, -0.2) is 4.39 Å². The molecule has 0 fully saturated rings. The van der Waals surface area contributed by atoms with Crippen molar-refractivity contribution in [3.63, 3.8) is 0 Å². The average molecular weight is 246 g/mol. The highest BCUT2D eigenvalue weighted by Gasteiger charge is 2.07. The number of rotatable bonds is 4. The van der Waals surface area contributed by atoms with Crippen LogP contribution in [0.5, 0.6) is 17.2 Å². The maximum Gasteiger partial charge on any atom is 0.169 e. The van der Waals surface area contributed by atoms with E-state index in [0.29, 0.717) is 23.5 Å². The second kappa shape index (κ2) is 5.31. The Morgan fingerprint density at radius 3 is 2.44 bits per heavy atom. The third-order valence-electron chi connectivity index (χ3n) is 2.40. The topological polar surface area (TPSA) is 35.5 Å². The highest BCUT2D eigenvalue weighted by Crippen LogP contribution is 2.31. The lowest BCUT2D eigenvalue weighted by Gasteiger charge is -2.10. The molecule has 0 aliphatic rings. The third kappa shape index (κ3) is 2.48. The third-order valence-corrected chi connectivity index (χ3v) is 2.40. The molecule has 2 aromatic rings. The Morgan fingerprint density at radius 2 is 1.83 bits per heavy atom. The first-order chi connectivity index (χ1) is 8.74. The van der Waals surface area contributed by atoms with Gasteiger partial charge >= 0.3 is 0 Å². The SMILES string of the molecule is COc1ccccc1Oc1ccc(C=O)c(F)c1. The van der Waals surface area contributed by atoms with Crippen LogP contribution >= 0.6 is 0 Å². The molecule has 0 aliphatic carbocycles. The van der Waals surface area contributed by atoms with E-state index in [-0.39, 0.29) is 5.56 Å². The van der Waals surface area contributed by atoms with Gasteiger partial charge in [0.2, 0.25) is 0 Å². The molecule has 2 rings (SSSR count). The molecule has 18 heavy (non-hydrogen) atoms. The van der Waals surface area contributed by atoms with Gasteiger partial charge in [-0.3, -0.25) is 4.79 Å². The molecule has 0 aromatic heterocycles. The van der Waals surface area contributed by atoms with Gasteiger partial charge < -0.3 is 9.47 Å². The normalized spacial score (nSPS) is 9.89. The van der Waals surface area contributed by atoms with Gasteiger partial charge in [0, 0.05) is 6.07 Å². The minimum absolute atomic E-state index is 0.00220. The molecule has 0 unspecified atom stereocenters. The summed E-state index contributed by atoms with van der Waals surface area (Å²) in [5.74, 6) is 0.732. The van der Waals surface area contributed by atoms with Crippen LogP contribution in [0.1, 0.15) is 10.4 Å². The molecular formula is C14H11FO3. The molecule has 0 saturated carbocycles. The molecular weight excluding hydrogens is 235 g/mol. The zero-order chi connectivity index (χ0) is 13.0. The quantitative estimate of drug-likeness (QED) is 0.775. The number of hydrogen-bond donors (Lipinski definition) is 0. The number of aldehydes is 1. The van der Waals surface area contributed by atoms with Gasteiger partial charge in [-0.1, -0.05) is 12.1 Å². The van der Waals surface area contributed by atoms with Crippen LogP contribution in [0.2, 0.25) is 0 Å². The van der Waals surface area contributed by atoms with E-state index in [1.807, 2.05) is 6.07 Å². The minimum Gasteiger partial charge on any atom is -0.493 e. The fourth-order valence-electron chi connectivity index (χ4n) is 1.50. The smallest absolute Gasteiger partial charge is 0.169 e. The van der Waals surface area contributed by atoms with E-state index in [1.54, 1.807) is 18.2 Å². The van der Waals surface area contributed by atoms with Crippen molar-refractivity contribution in [3.05, 3.63) is 53.8 Å². The molecule has 0 bridgehead atoms. The number of carbonyl (C=O) groups excluding carboxylic acids is 1. The van der Waals surface area contributed by atoms with Gasteiger partial charge in [0.1, 0.15) is 11.6 Å². The van der Waals surface area contributed by atoms with Gasteiger partial charge in [0.15, 0.2) is 17.8 Å². The molecule has 3 nitrogen and oxygen atoms in total. The van der Waals surface area contributed by atoms with Crippen LogP contribution in [0.25, 0.3) is 0 Å². The summed E-state index contributed by atoms with van der Waals surface area (Å²) in [6, 6.07) is 11.1. The fourth-order valence-corrected chi connectivity index (χ4v) is 1.50. The van der Waals surface area contributed by atoms with E-state index >= 15 is 0 Å². The standard InChI is InChI=1S/C14H11FO3/c1-17-13-4-2-3-5-14(13)18-11-7-6-10(9-16)12(15)8-11/h2-9H,1H3. The van der Waals surface area contributed by atoms with Crippen molar-refractivity contribution in [2.24, 2.45) is 0 Å². The second-order valence-corrected chi connectivity index (χ2v) is 3.55. The van der Waals surface area contributed by atoms with Crippen molar-refractivity contribution in [2.75, 3.05) is 7.11 Å². The lowest BCUT2D eigenvalue weighted by Crippen LogP contribution is -1.92. The predicted molar refractivity (Wildman–Crippen MR) is 64.9 cm³/mol. The average Bonchev–Trinajstić information content (AvgIpc) is 2.39. The molecule has 92 valence electrons. The summed E-state index contributed by atoms with van der Waals surface area (Å²) in [6.07, 6.45) is 0.461. The molecule has 2 aromatic carbocycles. The summed E-state index contributed by atoms with van der Waals surface area (Å²) in [5, 5.41) is 0. The number of para-hydroxylation sites is 2. The van der Waals surface area contributed by atoms with Crippen molar-refractivity contribution in [1.29, 1.82) is 0 Å². The Morgan fingerprint density at radius 1 is 1.11 bits per heavy atom. The van der Waals surface area contributed by atoms with Crippen molar-refractivity contribution in [1.82, 2.24) is 0 Å². The Hall–Kier alpha value is -2.36. The van der Waals surface area contributed by atoms with Gasteiger partial charge in [0.25, 0.3) is 0 Å². The predicted octanol–water partition coefficient (Wildman–Crippen LogP) is 3.44. The van der Waals surface area contributed by atoms with Gasteiger partial charge in [0.05, 0.1) is 12.7 Å². The van der Waals surface area contributed by atoms with Crippen LogP contribution in [0.15, 0.2) is 42.5 Å². The largest absolute Gasteiger partial charge is 0.493 e. The van der Waals surface area contributed by atoms with E-state index in [4.69, 9.17) is 9.47 Å². The van der Waals surface area contributed by atoms with E-state index in [1.165, 1.54) is 19.2 Å². The zero-order valence-corrected chi connectivity index (χ0v) is 9.72. The van der Waals surface area contributed by atoms with E-state index in [9.17, 15) is 9.18 Å². The number of carbonyl (C=O) groups is 1. The van der Waals surface area contributed by atoms with Crippen LogP contribution in [-0.4, -0.2) is 13.4 Å². The summed E-state index contributed by atoms with van der Waals surface area (Å²) in [5.41, 5.74) is 0.00220. The highest BCUT2D eigenvalue weighted by atomic mass is 19.1. The first kappa shape index (κ1) is 12.1. The molecule has 0 saturated heterocycles. The Labute approximate surface area is 104 Å². The van der Waals surface area contributed by atoms with Crippen molar-refractivity contribution >= 4 is 6.29 Å². The molecule has 0 heterocycles. The molecule has 0 radical (unpaired) electrons. The maximum atomic E-state index is 13.4. The van der Waals surface area contributed by atoms with Crippen LogP contribution in [0.3, 0.4) is 0 Å². The van der Waals surface area contributed by atoms with E-state index < -0.39 is 5.82 Å². The molecule has 0 atom stereocenters. The van der Waals surface area contributed by atoms with E-state index in [2.05, 4.69) is 0 Å². The van der Waals surface area contributed by atoms with E-state index in [0.717, 1.165) is 6.07 Å². The number of methoxy groups -OCH3 is 1. The summed E-state index contributed by atoms with van der Waals surface area (Å²) < 4.78 is 24.0. The molecule has 0 spiro atoms. The number of ether oxygens (including phenoxy) is 2. The first-order valence-corrected chi connectivity index (χ1v) is 5.30. The molecule has 0 N–H and O–H groups in total. The van der Waals surface area contributed by atoms with Gasteiger partial charge in [-0.2, -0.15) is 0 Å². The number of hydrogen-bond acceptors (Lipinski definition) is 3. The minimum atomic E-state index is -0.614. The summed E-state index contributed by atoms with van der Waals surface area (Å²) >= 11 is 0. The maximum absolute atomic E-state index is 13.4. The summed E-state index contributed by atoms with van der Waals surface area (Å²) in [4.78, 5) is 10.5. The van der Waals surface area contributed by atoms with Crippen LogP contribution in [-0.2, 0) is 0 Å². The lowest BCUT2D eigenvalue weighted by molar-refractivity contribution is 0.112. The van der Waals surface area contributed by atoms with Gasteiger partial charge in [-0.15, -0.1) is 0 Å².